The molecule has 0 aliphatic heterocycles. The highest BCUT2D eigenvalue weighted by Crippen LogP contribution is 2.17. The van der Waals surface area contributed by atoms with E-state index in [0.29, 0.717) is 0 Å². The van der Waals surface area contributed by atoms with Gasteiger partial charge >= 0.3 is 0 Å². The predicted molar refractivity (Wildman–Crippen MR) is 91.2 cm³/mol. The van der Waals surface area contributed by atoms with Crippen molar-refractivity contribution in [3.05, 3.63) is 83.9 Å². The van der Waals surface area contributed by atoms with Gasteiger partial charge in [-0.15, -0.1) is 0 Å². The Balaban J connectivity index is 1.65. The number of aliphatic hydroxyl groups excluding tert-OH is 1. The Kier molecular flexibility index (Phi) is 4.86. The van der Waals surface area contributed by atoms with Gasteiger partial charge in [0.05, 0.1) is 12.9 Å². The number of rotatable bonds is 6. The number of hydrogen-bond donors (Lipinski definition) is 2. The normalized spacial score (nSPS) is 12.3. The van der Waals surface area contributed by atoms with E-state index < -0.39 is 0 Å². The summed E-state index contributed by atoms with van der Waals surface area (Å²) in [4.78, 5) is 4.07. The van der Waals surface area contributed by atoms with E-state index in [1.807, 2.05) is 35.0 Å². The zero-order valence-electron chi connectivity index (χ0n) is 13.2. The lowest BCUT2D eigenvalue weighted by molar-refractivity contribution is 0.280. The number of imidazole rings is 1. The Hall–Kier alpha value is -2.43. The number of nitrogens with one attached hydrogen (secondary N) is 1. The summed E-state index contributed by atoms with van der Waals surface area (Å²) >= 11 is 0. The molecule has 0 saturated carbocycles. The lowest BCUT2D eigenvalue weighted by Crippen LogP contribution is -2.19. The minimum Gasteiger partial charge on any atom is -0.392 e. The highest BCUT2D eigenvalue weighted by Gasteiger charge is 2.07. The zero-order valence-corrected chi connectivity index (χ0v) is 13.2. The molecule has 23 heavy (non-hydrogen) atoms. The third-order valence-corrected chi connectivity index (χ3v) is 4.08. The summed E-state index contributed by atoms with van der Waals surface area (Å²) in [7, 11) is 0. The van der Waals surface area contributed by atoms with E-state index in [0.717, 1.165) is 23.4 Å². The fourth-order valence-corrected chi connectivity index (χ4v) is 2.61. The van der Waals surface area contributed by atoms with Gasteiger partial charge in [-0.1, -0.05) is 36.4 Å². The molecule has 0 aliphatic carbocycles. The average Bonchev–Trinajstić information content (AvgIpc) is 3.14. The van der Waals surface area contributed by atoms with Crippen LogP contribution in [0.25, 0.3) is 5.69 Å². The third kappa shape index (κ3) is 3.67. The van der Waals surface area contributed by atoms with Gasteiger partial charge in [0, 0.05) is 30.7 Å². The average molecular weight is 307 g/mol. The monoisotopic (exact) mass is 307 g/mol. The number of aromatic nitrogens is 2. The topological polar surface area (TPSA) is 50.1 Å². The van der Waals surface area contributed by atoms with Crippen LogP contribution in [0.5, 0.6) is 0 Å². The minimum absolute atomic E-state index is 0.0752. The van der Waals surface area contributed by atoms with Gasteiger partial charge < -0.3 is 15.0 Å². The predicted octanol–water partition coefficient (Wildman–Crippen LogP) is 3.22. The molecule has 0 amide bonds. The van der Waals surface area contributed by atoms with Crippen LogP contribution in [-0.4, -0.2) is 14.7 Å². The van der Waals surface area contributed by atoms with Crippen molar-refractivity contribution < 1.29 is 5.11 Å². The zero-order chi connectivity index (χ0) is 16.1. The van der Waals surface area contributed by atoms with Crippen LogP contribution in [0.3, 0.4) is 0 Å². The molecular formula is C19H21N3O. The standard InChI is InChI=1S/C19H21N3O/c1-15(21-12-17-4-2-3-5-18(17)13-23)16-6-8-19(9-7-16)22-11-10-20-14-22/h2-11,14-15,21,23H,12-13H2,1H3. The van der Waals surface area contributed by atoms with Gasteiger partial charge in [-0.25, -0.2) is 4.98 Å². The molecule has 3 rings (SSSR count). The smallest absolute Gasteiger partial charge is 0.0991 e. The Morgan fingerprint density at radius 3 is 2.48 bits per heavy atom. The van der Waals surface area contributed by atoms with Crippen LogP contribution in [0.15, 0.2) is 67.3 Å². The number of aliphatic hydroxyl groups is 1. The molecule has 2 N–H and O–H groups in total. The molecule has 3 aromatic rings. The molecule has 1 atom stereocenters. The quantitative estimate of drug-likeness (QED) is 0.735. The third-order valence-electron chi connectivity index (χ3n) is 4.08. The van der Waals surface area contributed by atoms with Crippen LogP contribution in [0.2, 0.25) is 0 Å². The molecule has 4 heteroatoms. The van der Waals surface area contributed by atoms with Crippen LogP contribution in [0.4, 0.5) is 0 Å². The second-order valence-corrected chi connectivity index (χ2v) is 5.59. The van der Waals surface area contributed by atoms with Gasteiger partial charge in [-0.3, -0.25) is 0 Å². The summed E-state index contributed by atoms with van der Waals surface area (Å²) in [5, 5.41) is 12.9. The van der Waals surface area contributed by atoms with Gasteiger partial charge in [0.2, 0.25) is 0 Å². The minimum atomic E-state index is 0.0752. The van der Waals surface area contributed by atoms with Crippen LogP contribution in [0, 0.1) is 0 Å². The van der Waals surface area contributed by atoms with Crippen molar-refractivity contribution in [1.29, 1.82) is 0 Å². The van der Waals surface area contributed by atoms with E-state index in [4.69, 9.17) is 0 Å². The molecule has 0 saturated heterocycles. The van der Waals surface area contributed by atoms with E-state index >= 15 is 0 Å². The summed E-state index contributed by atoms with van der Waals surface area (Å²) in [6.45, 7) is 2.96. The van der Waals surface area contributed by atoms with E-state index in [1.165, 1.54) is 5.56 Å². The van der Waals surface area contributed by atoms with Crippen molar-refractivity contribution in [2.75, 3.05) is 0 Å². The lowest BCUT2D eigenvalue weighted by Gasteiger charge is -2.16. The molecule has 1 heterocycles. The molecule has 2 aromatic carbocycles. The molecule has 1 aromatic heterocycles. The van der Waals surface area contributed by atoms with Gasteiger partial charge in [-0.2, -0.15) is 0 Å². The number of benzene rings is 2. The molecule has 1 unspecified atom stereocenters. The lowest BCUT2D eigenvalue weighted by atomic mass is 10.1. The molecule has 0 radical (unpaired) electrons. The Labute approximate surface area is 136 Å². The van der Waals surface area contributed by atoms with Crippen LogP contribution in [0.1, 0.15) is 29.7 Å². The molecule has 0 spiro atoms. The van der Waals surface area contributed by atoms with E-state index in [-0.39, 0.29) is 12.6 Å². The second-order valence-electron chi connectivity index (χ2n) is 5.59. The highest BCUT2D eigenvalue weighted by molar-refractivity contribution is 5.35. The Morgan fingerprint density at radius 2 is 1.83 bits per heavy atom. The summed E-state index contributed by atoms with van der Waals surface area (Å²) in [6.07, 6.45) is 5.50. The highest BCUT2D eigenvalue weighted by atomic mass is 16.3. The van der Waals surface area contributed by atoms with Crippen LogP contribution < -0.4 is 5.32 Å². The first-order valence-corrected chi connectivity index (χ1v) is 7.77. The maximum Gasteiger partial charge on any atom is 0.0991 e. The molecule has 0 aliphatic rings. The van der Waals surface area contributed by atoms with Crippen LogP contribution in [-0.2, 0) is 13.2 Å². The van der Waals surface area contributed by atoms with Crippen molar-refractivity contribution in [3.63, 3.8) is 0 Å². The molecule has 118 valence electrons. The maximum atomic E-state index is 9.39. The molecule has 0 fully saturated rings. The van der Waals surface area contributed by atoms with Crippen molar-refractivity contribution in [2.24, 2.45) is 0 Å². The fraction of sp³-hybridized carbons (Fsp3) is 0.211. The van der Waals surface area contributed by atoms with E-state index in [1.54, 1.807) is 12.5 Å². The van der Waals surface area contributed by atoms with Gasteiger partial charge in [0.25, 0.3) is 0 Å². The van der Waals surface area contributed by atoms with Crippen molar-refractivity contribution in [2.45, 2.75) is 26.1 Å². The summed E-state index contributed by atoms with van der Waals surface area (Å²) in [5.74, 6) is 0. The SMILES string of the molecule is CC(NCc1ccccc1CO)c1ccc(-n2ccnc2)cc1. The number of nitrogens with zero attached hydrogens (tertiary/aromatic N) is 2. The maximum absolute atomic E-state index is 9.39. The van der Waals surface area contributed by atoms with Crippen molar-refractivity contribution in [3.8, 4) is 5.69 Å². The summed E-state index contributed by atoms with van der Waals surface area (Å²) < 4.78 is 1.99. The molecule has 0 bridgehead atoms. The first kappa shape index (κ1) is 15.5. The summed E-state index contributed by atoms with van der Waals surface area (Å²) in [6, 6.07) is 16.6. The Morgan fingerprint density at radius 1 is 1.09 bits per heavy atom. The van der Waals surface area contributed by atoms with E-state index in [9.17, 15) is 5.11 Å². The second kappa shape index (κ2) is 7.22. The number of hydrogen-bond acceptors (Lipinski definition) is 3. The van der Waals surface area contributed by atoms with Crippen molar-refractivity contribution >= 4 is 0 Å². The molecule has 4 nitrogen and oxygen atoms in total. The first-order valence-electron chi connectivity index (χ1n) is 7.77. The largest absolute Gasteiger partial charge is 0.392 e. The molecular weight excluding hydrogens is 286 g/mol. The van der Waals surface area contributed by atoms with Crippen molar-refractivity contribution in [1.82, 2.24) is 14.9 Å². The van der Waals surface area contributed by atoms with Crippen LogP contribution >= 0.6 is 0 Å². The van der Waals surface area contributed by atoms with E-state index in [2.05, 4.69) is 41.5 Å². The fourth-order valence-electron chi connectivity index (χ4n) is 2.61. The summed E-state index contributed by atoms with van der Waals surface area (Å²) in [5.41, 5.74) is 4.44. The van der Waals surface area contributed by atoms with Gasteiger partial charge in [-0.05, 0) is 35.7 Å². The van der Waals surface area contributed by atoms with Gasteiger partial charge in [0.1, 0.15) is 0 Å². The first-order chi connectivity index (χ1) is 11.3. The van der Waals surface area contributed by atoms with Gasteiger partial charge in [0.15, 0.2) is 0 Å². The Bertz CT molecular complexity index is 736.